The summed E-state index contributed by atoms with van der Waals surface area (Å²) < 4.78 is 1.82. The maximum absolute atomic E-state index is 12.4. The summed E-state index contributed by atoms with van der Waals surface area (Å²) in [7, 11) is 0. The van der Waals surface area contributed by atoms with Crippen molar-refractivity contribution in [2.75, 3.05) is 31.1 Å². The van der Waals surface area contributed by atoms with Gasteiger partial charge in [0, 0.05) is 37.9 Å². The number of carbonyl (C=O) groups is 1. The molecule has 0 unspecified atom stereocenters. The van der Waals surface area contributed by atoms with Crippen molar-refractivity contribution < 1.29 is 4.79 Å². The van der Waals surface area contributed by atoms with E-state index in [9.17, 15) is 4.79 Å². The third-order valence-corrected chi connectivity index (χ3v) is 4.49. The summed E-state index contributed by atoms with van der Waals surface area (Å²) in [5.74, 6) is 1.90. The maximum atomic E-state index is 12.4. The average molecular weight is 328 g/mol. The first kappa shape index (κ1) is 16.4. The summed E-state index contributed by atoms with van der Waals surface area (Å²) in [5, 5.41) is 4.46. The molecular weight excluding hydrogens is 304 g/mol. The molecule has 0 N–H and O–H groups in total. The van der Waals surface area contributed by atoms with E-state index in [1.165, 1.54) is 0 Å². The zero-order valence-corrected chi connectivity index (χ0v) is 14.7. The second-order valence-corrected chi connectivity index (χ2v) is 6.19. The van der Waals surface area contributed by atoms with Crippen LogP contribution in [-0.2, 0) is 4.79 Å². The van der Waals surface area contributed by atoms with Gasteiger partial charge in [-0.15, -0.1) is 0 Å². The Morgan fingerprint density at radius 1 is 1.17 bits per heavy atom. The SMILES string of the molecule is CCN(CC)C(=O)C1CN(c2cc(-n3nc(C)cc3C)ncn2)C1. The number of hydrogen-bond acceptors (Lipinski definition) is 5. The summed E-state index contributed by atoms with van der Waals surface area (Å²) >= 11 is 0. The van der Waals surface area contributed by atoms with Crippen LogP contribution in [0, 0.1) is 19.8 Å². The van der Waals surface area contributed by atoms with Crippen LogP contribution in [0.4, 0.5) is 5.82 Å². The summed E-state index contributed by atoms with van der Waals surface area (Å²) in [6.45, 7) is 11.0. The van der Waals surface area contributed by atoms with Gasteiger partial charge in [0.15, 0.2) is 5.82 Å². The van der Waals surface area contributed by atoms with Crippen molar-refractivity contribution in [2.45, 2.75) is 27.7 Å². The highest BCUT2D eigenvalue weighted by Gasteiger charge is 2.35. The minimum absolute atomic E-state index is 0.0667. The van der Waals surface area contributed by atoms with Gasteiger partial charge in [-0.25, -0.2) is 14.6 Å². The van der Waals surface area contributed by atoms with E-state index in [0.29, 0.717) is 13.1 Å². The minimum Gasteiger partial charge on any atom is -0.355 e. The van der Waals surface area contributed by atoms with Crippen molar-refractivity contribution in [3.05, 3.63) is 29.8 Å². The molecule has 2 aromatic rings. The number of aromatic nitrogens is 4. The van der Waals surface area contributed by atoms with Crippen LogP contribution < -0.4 is 4.90 Å². The fourth-order valence-corrected chi connectivity index (χ4v) is 3.10. The first-order valence-corrected chi connectivity index (χ1v) is 8.42. The number of hydrogen-bond donors (Lipinski definition) is 0. The van der Waals surface area contributed by atoms with Crippen molar-refractivity contribution in [3.8, 4) is 5.82 Å². The Kier molecular flexibility index (Phi) is 4.51. The number of aryl methyl sites for hydroxylation is 2. The molecule has 0 spiro atoms. The van der Waals surface area contributed by atoms with Crippen molar-refractivity contribution >= 4 is 11.7 Å². The quantitative estimate of drug-likeness (QED) is 0.834. The molecule has 0 radical (unpaired) electrons. The van der Waals surface area contributed by atoms with Gasteiger partial charge in [-0.05, 0) is 33.8 Å². The average Bonchev–Trinajstić information content (AvgIpc) is 2.86. The van der Waals surface area contributed by atoms with Gasteiger partial charge in [-0.2, -0.15) is 5.10 Å². The van der Waals surface area contributed by atoms with Crippen LogP contribution in [0.3, 0.4) is 0 Å². The number of anilines is 1. The summed E-state index contributed by atoms with van der Waals surface area (Å²) in [5.41, 5.74) is 2.00. The molecule has 0 aromatic carbocycles. The minimum atomic E-state index is 0.0667. The highest BCUT2D eigenvalue weighted by atomic mass is 16.2. The summed E-state index contributed by atoms with van der Waals surface area (Å²) in [6.07, 6.45) is 1.56. The number of carbonyl (C=O) groups excluding carboxylic acids is 1. The van der Waals surface area contributed by atoms with E-state index in [0.717, 1.165) is 36.1 Å². The van der Waals surface area contributed by atoms with Crippen molar-refractivity contribution in [1.82, 2.24) is 24.6 Å². The molecule has 3 heterocycles. The standard InChI is InChI=1S/C17H24N6O/c1-5-21(6-2)17(24)14-9-22(10-14)15-8-16(19-11-18-15)23-13(4)7-12(3)20-23/h7-8,11,14H,5-6,9-10H2,1-4H3. The lowest BCUT2D eigenvalue weighted by molar-refractivity contribution is -0.135. The summed E-state index contributed by atoms with van der Waals surface area (Å²) in [6, 6.07) is 3.95. The predicted molar refractivity (Wildman–Crippen MR) is 92.3 cm³/mol. The van der Waals surface area contributed by atoms with Gasteiger partial charge in [-0.3, -0.25) is 4.79 Å². The Hall–Kier alpha value is -2.44. The van der Waals surface area contributed by atoms with Gasteiger partial charge in [0.25, 0.3) is 0 Å². The van der Waals surface area contributed by atoms with Crippen LogP contribution >= 0.6 is 0 Å². The van der Waals surface area contributed by atoms with Crippen LogP contribution in [0.25, 0.3) is 5.82 Å². The van der Waals surface area contributed by atoms with Gasteiger partial charge in [0.2, 0.25) is 5.91 Å². The highest BCUT2D eigenvalue weighted by molar-refractivity contribution is 5.81. The zero-order valence-electron chi connectivity index (χ0n) is 14.7. The fourth-order valence-electron chi connectivity index (χ4n) is 3.10. The second-order valence-electron chi connectivity index (χ2n) is 6.19. The van der Waals surface area contributed by atoms with E-state index in [1.54, 1.807) is 6.33 Å². The molecule has 0 saturated carbocycles. The molecular formula is C17H24N6O. The zero-order chi connectivity index (χ0) is 17.3. The molecule has 1 aliphatic heterocycles. The van der Waals surface area contributed by atoms with Crippen LogP contribution in [0.15, 0.2) is 18.5 Å². The molecule has 7 heteroatoms. The van der Waals surface area contributed by atoms with E-state index >= 15 is 0 Å². The summed E-state index contributed by atoms with van der Waals surface area (Å²) in [4.78, 5) is 25.0. The van der Waals surface area contributed by atoms with Crippen LogP contribution in [0.2, 0.25) is 0 Å². The molecule has 1 aliphatic rings. The fraction of sp³-hybridized carbons (Fsp3) is 0.529. The number of rotatable bonds is 5. The molecule has 24 heavy (non-hydrogen) atoms. The van der Waals surface area contributed by atoms with Gasteiger partial charge in [0.05, 0.1) is 11.6 Å². The lowest BCUT2D eigenvalue weighted by Crippen LogP contribution is -2.55. The van der Waals surface area contributed by atoms with E-state index in [1.807, 2.05) is 49.4 Å². The van der Waals surface area contributed by atoms with Gasteiger partial charge in [-0.1, -0.05) is 0 Å². The largest absolute Gasteiger partial charge is 0.355 e. The smallest absolute Gasteiger partial charge is 0.229 e. The number of nitrogens with zero attached hydrogens (tertiary/aromatic N) is 6. The molecule has 1 amide bonds. The molecule has 0 bridgehead atoms. The van der Waals surface area contributed by atoms with E-state index in [2.05, 4.69) is 20.0 Å². The molecule has 1 fully saturated rings. The van der Waals surface area contributed by atoms with Gasteiger partial charge >= 0.3 is 0 Å². The molecule has 7 nitrogen and oxygen atoms in total. The predicted octanol–water partition coefficient (Wildman–Crippen LogP) is 1.58. The second kappa shape index (κ2) is 6.59. The van der Waals surface area contributed by atoms with Crippen molar-refractivity contribution in [3.63, 3.8) is 0 Å². The normalized spacial score (nSPS) is 14.6. The Morgan fingerprint density at radius 3 is 2.42 bits per heavy atom. The number of amides is 1. The third-order valence-electron chi connectivity index (χ3n) is 4.49. The Bertz CT molecular complexity index is 730. The van der Waals surface area contributed by atoms with Crippen LogP contribution in [0.1, 0.15) is 25.2 Å². The molecule has 128 valence electrons. The van der Waals surface area contributed by atoms with Gasteiger partial charge < -0.3 is 9.80 Å². The molecule has 1 saturated heterocycles. The van der Waals surface area contributed by atoms with Crippen molar-refractivity contribution in [1.29, 1.82) is 0 Å². The van der Waals surface area contributed by atoms with Crippen LogP contribution in [0.5, 0.6) is 0 Å². The molecule has 2 aromatic heterocycles. The molecule has 0 atom stereocenters. The molecule has 0 aliphatic carbocycles. The highest BCUT2D eigenvalue weighted by Crippen LogP contribution is 2.25. The topological polar surface area (TPSA) is 67.2 Å². The third kappa shape index (κ3) is 2.98. The van der Waals surface area contributed by atoms with Crippen LogP contribution in [-0.4, -0.2) is 56.7 Å². The monoisotopic (exact) mass is 328 g/mol. The Labute approximate surface area is 142 Å². The van der Waals surface area contributed by atoms with E-state index in [-0.39, 0.29) is 11.8 Å². The Morgan fingerprint density at radius 2 is 1.83 bits per heavy atom. The maximum Gasteiger partial charge on any atom is 0.229 e. The molecule has 3 rings (SSSR count). The van der Waals surface area contributed by atoms with E-state index < -0.39 is 0 Å². The van der Waals surface area contributed by atoms with Gasteiger partial charge in [0.1, 0.15) is 12.1 Å². The lowest BCUT2D eigenvalue weighted by atomic mass is 9.98. The lowest BCUT2D eigenvalue weighted by Gasteiger charge is -2.41. The first-order valence-electron chi connectivity index (χ1n) is 8.42. The van der Waals surface area contributed by atoms with E-state index in [4.69, 9.17) is 0 Å². The first-order chi connectivity index (χ1) is 11.5. The Balaban J connectivity index is 1.71. The van der Waals surface area contributed by atoms with Crippen molar-refractivity contribution in [2.24, 2.45) is 5.92 Å².